The van der Waals surface area contributed by atoms with Crippen LogP contribution in [-0.2, 0) is 0 Å². The second-order valence-electron chi connectivity index (χ2n) is 3.78. The molecule has 2 rings (SSSR count). The molecule has 0 aromatic carbocycles. The lowest BCUT2D eigenvalue weighted by molar-refractivity contribution is 0.264. The summed E-state index contributed by atoms with van der Waals surface area (Å²) in [6, 6.07) is 2.02. The van der Waals surface area contributed by atoms with Gasteiger partial charge in [-0.25, -0.2) is 0 Å². The van der Waals surface area contributed by atoms with Crippen molar-refractivity contribution in [3.63, 3.8) is 0 Å². The number of carbonyl (C=O) groups excluding carboxylic acids is 1. The van der Waals surface area contributed by atoms with Gasteiger partial charge in [0.25, 0.3) is 5.24 Å². The lowest BCUT2D eigenvalue weighted by Crippen LogP contribution is -2.26. The highest BCUT2D eigenvalue weighted by atomic mass is 32.1. The molecule has 16 heavy (non-hydrogen) atoms. The molecule has 1 aliphatic carbocycles. The fourth-order valence-corrected chi connectivity index (χ4v) is 1.69. The summed E-state index contributed by atoms with van der Waals surface area (Å²) in [7, 11) is 1.63. The predicted molar refractivity (Wildman–Crippen MR) is 66.2 cm³/mol. The van der Waals surface area contributed by atoms with Crippen molar-refractivity contribution in [3.05, 3.63) is 29.6 Å². The van der Waals surface area contributed by atoms with Crippen LogP contribution in [0.1, 0.15) is 29.9 Å². The Morgan fingerprint density at radius 3 is 2.88 bits per heavy atom. The predicted octanol–water partition coefficient (Wildman–Crippen LogP) is 1.97. The minimum absolute atomic E-state index is 0.419. The summed E-state index contributed by atoms with van der Waals surface area (Å²) in [4.78, 5) is 19.0. The molecular formula is C11H13N3OS. The highest BCUT2D eigenvalue weighted by Crippen LogP contribution is 2.39. The number of amides is 1. The molecule has 1 aliphatic rings. The topological polar surface area (TPSA) is 54.4 Å². The summed E-state index contributed by atoms with van der Waals surface area (Å²) in [6.45, 7) is 0. The SMILES string of the molecule is CN=C(NC(=O)S)c1cncc(C2CC2)c1. The molecule has 1 aromatic heterocycles. The monoisotopic (exact) mass is 235 g/mol. The van der Waals surface area contributed by atoms with Gasteiger partial charge in [-0.1, -0.05) is 12.6 Å². The molecule has 84 valence electrons. The third-order valence-electron chi connectivity index (χ3n) is 2.53. The van der Waals surface area contributed by atoms with E-state index in [1.165, 1.54) is 18.4 Å². The fraction of sp³-hybridized carbons (Fsp3) is 0.364. The van der Waals surface area contributed by atoms with Crippen molar-refractivity contribution < 1.29 is 4.79 Å². The third-order valence-corrected chi connectivity index (χ3v) is 2.64. The van der Waals surface area contributed by atoms with Crippen LogP contribution >= 0.6 is 12.6 Å². The molecule has 0 unspecified atom stereocenters. The Morgan fingerprint density at radius 2 is 2.31 bits per heavy atom. The van der Waals surface area contributed by atoms with E-state index in [0.29, 0.717) is 11.8 Å². The molecule has 1 amide bonds. The van der Waals surface area contributed by atoms with E-state index < -0.39 is 5.24 Å². The summed E-state index contributed by atoms with van der Waals surface area (Å²) in [5.41, 5.74) is 2.04. The van der Waals surface area contributed by atoms with Crippen molar-refractivity contribution in [2.24, 2.45) is 4.99 Å². The summed E-state index contributed by atoms with van der Waals surface area (Å²) >= 11 is 3.67. The minimum atomic E-state index is -0.419. The van der Waals surface area contributed by atoms with Crippen molar-refractivity contribution in [1.82, 2.24) is 10.3 Å². The number of hydrogen-bond acceptors (Lipinski definition) is 3. The molecule has 0 bridgehead atoms. The zero-order valence-corrected chi connectivity index (χ0v) is 9.87. The molecule has 0 aliphatic heterocycles. The largest absolute Gasteiger partial charge is 0.301 e. The number of carbonyl (C=O) groups is 1. The zero-order chi connectivity index (χ0) is 11.5. The number of rotatable bonds is 2. The molecule has 1 N–H and O–H groups in total. The average Bonchev–Trinajstić information content (AvgIpc) is 3.09. The van der Waals surface area contributed by atoms with Gasteiger partial charge in [-0.3, -0.25) is 14.8 Å². The van der Waals surface area contributed by atoms with Gasteiger partial charge in [0.1, 0.15) is 5.84 Å². The van der Waals surface area contributed by atoms with Crippen LogP contribution in [0.3, 0.4) is 0 Å². The average molecular weight is 235 g/mol. The van der Waals surface area contributed by atoms with Crippen molar-refractivity contribution >= 4 is 23.7 Å². The maximum absolute atomic E-state index is 10.9. The van der Waals surface area contributed by atoms with Crippen LogP contribution in [0.5, 0.6) is 0 Å². The zero-order valence-electron chi connectivity index (χ0n) is 8.97. The minimum Gasteiger partial charge on any atom is -0.301 e. The van der Waals surface area contributed by atoms with E-state index >= 15 is 0 Å². The highest BCUT2D eigenvalue weighted by molar-refractivity contribution is 7.96. The molecule has 0 atom stereocenters. The van der Waals surface area contributed by atoms with Crippen LogP contribution in [0, 0.1) is 0 Å². The number of nitrogens with zero attached hydrogens (tertiary/aromatic N) is 2. The summed E-state index contributed by atoms with van der Waals surface area (Å²) < 4.78 is 0. The second-order valence-corrected chi connectivity index (χ2v) is 4.19. The molecule has 1 fully saturated rings. The molecule has 1 aromatic rings. The van der Waals surface area contributed by atoms with Gasteiger partial charge in [0.15, 0.2) is 0 Å². The number of pyridine rings is 1. The molecule has 1 heterocycles. The smallest absolute Gasteiger partial charge is 0.281 e. The molecule has 1 saturated carbocycles. The van der Waals surface area contributed by atoms with Gasteiger partial charge in [-0.05, 0) is 30.4 Å². The molecule has 4 nitrogen and oxygen atoms in total. The van der Waals surface area contributed by atoms with Crippen molar-refractivity contribution in [2.45, 2.75) is 18.8 Å². The first kappa shape index (κ1) is 11.1. The Balaban J connectivity index is 2.23. The number of thiol groups is 1. The van der Waals surface area contributed by atoms with E-state index in [9.17, 15) is 4.79 Å². The van der Waals surface area contributed by atoms with Crippen molar-refractivity contribution in [1.29, 1.82) is 0 Å². The van der Waals surface area contributed by atoms with Crippen LogP contribution < -0.4 is 5.32 Å². The Morgan fingerprint density at radius 1 is 1.56 bits per heavy atom. The van der Waals surface area contributed by atoms with Crippen LogP contribution in [0.25, 0.3) is 0 Å². The fourth-order valence-electron chi connectivity index (χ4n) is 1.59. The molecule has 0 saturated heterocycles. The van der Waals surface area contributed by atoms with Gasteiger partial charge < -0.3 is 5.32 Å². The van der Waals surface area contributed by atoms with E-state index in [4.69, 9.17) is 0 Å². The van der Waals surface area contributed by atoms with Gasteiger partial charge in [0.2, 0.25) is 0 Å². The first-order valence-electron chi connectivity index (χ1n) is 5.12. The molecule has 0 radical (unpaired) electrons. The van der Waals surface area contributed by atoms with Gasteiger partial charge >= 0.3 is 0 Å². The van der Waals surface area contributed by atoms with E-state index in [0.717, 1.165) is 5.56 Å². The van der Waals surface area contributed by atoms with Crippen LogP contribution in [-0.4, -0.2) is 23.1 Å². The lowest BCUT2D eigenvalue weighted by Gasteiger charge is -2.06. The quantitative estimate of drug-likeness (QED) is 0.468. The Hall–Kier alpha value is -1.36. The van der Waals surface area contributed by atoms with E-state index in [-0.39, 0.29) is 0 Å². The number of nitrogens with one attached hydrogen (secondary N) is 1. The standard InChI is InChI=1S/C11H13N3OS/c1-12-10(14-11(15)16)9-4-8(5-13-6-9)7-2-3-7/h4-7H,2-3H2,1H3,(H2,12,14,15,16). The first-order chi connectivity index (χ1) is 7.70. The number of hydrogen-bond donors (Lipinski definition) is 2. The third kappa shape index (κ3) is 2.61. The Labute approximate surface area is 99.6 Å². The van der Waals surface area contributed by atoms with Crippen LogP contribution in [0.2, 0.25) is 0 Å². The molecule has 5 heteroatoms. The number of aromatic nitrogens is 1. The van der Waals surface area contributed by atoms with Crippen LogP contribution in [0.15, 0.2) is 23.5 Å². The Kier molecular flexibility index (Phi) is 3.24. The van der Waals surface area contributed by atoms with Gasteiger partial charge in [-0.2, -0.15) is 0 Å². The summed E-state index contributed by atoms with van der Waals surface area (Å²) in [6.07, 6.45) is 6.01. The maximum Gasteiger partial charge on any atom is 0.281 e. The Bertz CT molecular complexity index is 441. The van der Waals surface area contributed by atoms with E-state index in [1.807, 2.05) is 12.3 Å². The number of aliphatic imine (C=N–C) groups is 1. The number of amidine groups is 1. The highest BCUT2D eigenvalue weighted by Gasteiger charge is 2.24. The van der Waals surface area contributed by atoms with Gasteiger partial charge in [0.05, 0.1) is 0 Å². The molecular weight excluding hydrogens is 222 g/mol. The lowest BCUT2D eigenvalue weighted by atomic mass is 10.1. The molecule has 0 spiro atoms. The first-order valence-corrected chi connectivity index (χ1v) is 5.57. The normalized spacial score (nSPS) is 16.0. The van der Waals surface area contributed by atoms with E-state index in [1.54, 1.807) is 13.2 Å². The van der Waals surface area contributed by atoms with Gasteiger partial charge in [-0.15, -0.1) is 0 Å². The van der Waals surface area contributed by atoms with E-state index in [2.05, 4.69) is 27.9 Å². The summed E-state index contributed by atoms with van der Waals surface area (Å²) in [5, 5.41) is 2.15. The maximum atomic E-state index is 10.9. The van der Waals surface area contributed by atoms with Gasteiger partial charge in [0, 0.05) is 25.0 Å². The van der Waals surface area contributed by atoms with Crippen LogP contribution in [0.4, 0.5) is 4.79 Å². The summed E-state index contributed by atoms with van der Waals surface area (Å²) in [5.74, 6) is 1.15. The van der Waals surface area contributed by atoms with Crippen molar-refractivity contribution in [2.75, 3.05) is 7.05 Å². The second kappa shape index (κ2) is 4.65. The van der Waals surface area contributed by atoms with Crippen molar-refractivity contribution in [3.8, 4) is 0 Å².